The highest BCUT2D eigenvalue weighted by atomic mass is 32.1. The van der Waals surface area contributed by atoms with Gasteiger partial charge in [0.05, 0.1) is 0 Å². The quantitative estimate of drug-likeness (QED) is 0.124. The van der Waals surface area contributed by atoms with Gasteiger partial charge in [0.1, 0.15) is 0 Å². The third kappa shape index (κ3) is 6.16. The minimum absolute atomic E-state index is 0.625. The molecule has 0 aliphatic rings. The molecule has 0 saturated carbocycles. The Morgan fingerprint density at radius 2 is 0.852 bits per heavy atom. The normalized spacial score (nSPS) is 11.6. The Bertz CT molecular complexity index is 3650. The molecule has 0 bridgehead atoms. The summed E-state index contributed by atoms with van der Waals surface area (Å²) in [6.07, 6.45) is 0. The van der Waals surface area contributed by atoms with Crippen LogP contribution in [0.5, 0.6) is 0 Å². The average Bonchev–Trinajstić information content (AvgIpc) is 3.71. The molecular weight excluding hydrogens is 759 g/mol. The molecule has 12 rings (SSSR count). The second kappa shape index (κ2) is 14.5. The van der Waals surface area contributed by atoms with E-state index in [-0.39, 0.29) is 0 Å². The maximum atomic E-state index is 5.28. The average molecular weight is 794 g/mol. The third-order valence-corrected chi connectivity index (χ3v) is 13.1. The van der Waals surface area contributed by atoms with Crippen LogP contribution in [0.3, 0.4) is 0 Å². The van der Waals surface area contributed by atoms with Crippen molar-refractivity contribution in [2.45, 2.75) is 0 Å². The maximum Gasteiger partial charge on any atom is 0.164 e. The van der Waals surface area contributed by atoms with Crippen LogP contribution < -0.4 is 0 Å². The summed E-state index contributed by atoms with van der Waals surface area (Å²) in [7, 11) is 0. The van der Waals surface area contributed by atoms with E-state index in [1.165, 1.54) is 58.1 Å². The number of thiophene rings is 1. The summed E-state index contributed by atoms with van der Waals surface area (Å²) >= 11 is 1.83. The zero-order chi connectivity index (χ0) is 40.3. The van der Waals surface area contributed by atoms with Crippen molar-refractivity contribution in [1.82, 2.24) is 15.0 Å². The van der Waals surface area contributed by atoms with Gasteiger partial charge in [-0.1, -0.05) is 188 Å². The molecule has 0 saturated heterocycles. The highest BCUT2D eigenvalue weighted by molar-refractivity contribution is 7.25. The first-order chi connectivity index (χ1) is 30.2. The number of fused-ring (bicyclic) bond motifs is 7. The van der Waals surface area contributed by atoms with Crippen LogP contribution in [-0.2, 0) is 0 Å². The van der Waals surface area contributed by atoms with E-state index in [0.29, 0.717) is 17.5 Å². The first kappa shape index (κ1) is 35.2. The SMILES string of the molecule is c1ccc(-c2cccc(-c3nc(-c4ccc(-c5c6ccccc6cc6c5ccc5ccccc56)cc4)nc(-c4ccccc4-c4ccc5c(c4)sc4ccccc45)n3)c2)cc1. The molecule has 284 valence electrons. The van der Waals surface area contributed by atoms with Crippen molar-refractivity contribution < 1.29 is 0 Å². The van der Waals surface area contributed by atoms with E-state index < -0.39 is 0 Å². The fourth-order valence-electron chi connectivity index (χ4n) is 8.96. The molecule has 2 aromatic heterocycles. The van der Waals surface area contributed by atoms with Crippen LogP contribution in [0.1, 0.15) is 0 Å². The second-order valence-electron chi connectivity index (χ2n) is 15.5. The smallest absolute Gasteiger partial charge is 0.164 e. The van der Waals surface area contributed by atoms with Gasteiger partial charge in [-0.15, -0.1) is 11.3 Å². The number of aromatic nitrogens is 3. The molecule has 0 unspecified atom stereocenters. The summed E-state index contributed by atoms with van der Waals surface area (Å²) in [4.78, 5) is 15.8. The molecule has 3 nitrogen and oxygen atoms in total. The second-order valence-corrected chi connectivity index (χ2v) is 16.6. The molecule has 61 heavy (non-hydrogen) atoms. The van der Waals surface area contributed by atoms with Crippen molar-refractivity contribution in [3.05, 3.63) is 212 Å². The summed E-state index contributed by atoms with van der Waals surface area (Å²) < 4.78 is 2.55. The van der Waals surface area contributed by atoms with E-state index >= 15 is 0 Å². The van der Waals surface area contributed by atoms with E-state index in [4.69, 9.17) is 15.0 Å². The molecule has 10 aromatic carbocycles. The fraction of sp³-hybridized carbons (Fsp3) is 0. The lowest BCUT2D eigenvalue weighted by Gasteiger charge is -2.15. The summed E-state index contributed by atoms with van der Waals surface area (Å²) in [5.41, 5.74) is 9.64. The van der Waals surface area contributed by atoms with Crippen molar-refractivity contribution in [1.29, 1.82) is 0 Å². The number of benzene rings is 10. The van der Waals surface area contributed by atoms with Gasteiger partial charge < -0.3 is 0 Å². The Morgan fingerprint density at radius 3 is 1.70 bits per heavy atom. The monoisotopic (exact) mass is 793 g/mol. The highest BCUT2D eigenvalue weighted by Crippen LogP contribution is 2.41. The number of hydrogen-bond donors (Lipinski definition) is 0. The first-order valence-electron chi connectivity index (χ1n) is 20.6. The Morgan fingerprint density at radius 1 is 0.262 bits per heavy atom. The van der Waals surface area contributed by atoms with Crippen LogP contribution in [0, 0.1) is 0 Å². The van der Waals surface area contributed by atoms with Gasteiger partial charge in [0.15, 0.2) is 17.5 Å². The fourth-order valence-corrected chi connectivity index (χ4v) is 10.1. The topological polar surface area (TPSA) is 38.7 Å². The first-order valence-corrected chi connectivity index (χ1v) is 21.4. The molecule has 0 spiro atoms. The minimum atomic E-state index is 0.625. The third-order valence-electron chi connectivity index (χ3n) is 11.9. The van der Waals surface area contributed by atoms with Gasteiger partial charge in [-0.25, -0.2) is 15.0 Å². The lowest BCUT2D eigenvalue weighted by atomic mass is 9.89. The van der Waals surface area contributed by atoms with Crippen molar-refractivity contribution in [3.63, 3.8) is 0 Å². The van der Waals surface area contributed by atoms with Crippen LogP contribution in [0.4, 0.5) is 0 Å². The molecule has 0 aliphatic heterocycles. The van der Waals surface area contributed by atoms with Crippen LogP contribution in [0.25, 0.3) is 120 Å². The lowest BCUT2D eigenvalue weighted by Crippen LogP contribution is -2.01. The molecule has 4 heteroatoms. The standard InChI is InChI=1S/C57H35N3S/c1-2-13-36(14-3-1)40-17-12-18-43(33-40)56-58-55(59-57(60-56)50-23-9-8-20-45(50)42-30-31-48-47-22-10-11-24-52(47)61-53(48)35-42)39-27-25-38(26-28-39)54-46-21-7-5-16-41(46)34-51-44-19-6-4-15-37(44)29-32-49(51)54/h1-35H. The van der Waals surface area contributed by atoms with Gasteiger partial charge in [0, 0.05) is 36.9 Å². The summed E-state index contributed by atoms with van der Waals surface area (Å²) in [6, 6.07) is 75.8. The van der Waals surface area contributed by atoms with Crippen molar-refractivity contribution in [2.75, 3.05) is 0 Å². The Balaban J connectivity index is 1.02. The molecule has 0 amide bonds. The predicted octanol–water partition coefficient (Wildman–Crippen LogP) is 15.7. The Hall–Kier alpha value is -7.79. The van der Waals surface area contributed by atoms with Crippen LogP contribution >= 0.6 is 11.3 Å². The van der Waals surface area contributed by atoms with Gasteiger partial charge in [-0.2, -0.15) is 0 Å². The molecule has 0 atom stereocenters. The van der Waals surface area contributed by atoms with Gasteiger partial charge >= 0.3 is 0 Å². The number of nitrogens with zero attached hydrogens (tertiary/aromatic N) is 3. The van der Waals surface area contributed by atoms with Crippen LogP contribution in [0.15, 0.2) is 212 Å². The van der Waals surface area contributed by atoms with Gasteiger partial charge in [0.25, 0.3) is 0 Å². The van der Waals surface area contributed by atoms with Gasteiger partial charge in [0.2, 0.25) is 0 Å². The molecule has 0 radical (unpaired) electrons. The van der Waals surface area contributed by atoms with E-state index in [1.54, 1.807) is 0 Å². The molecule has 12 aromatic rings. The number of rotatable bonds is 6. The van der Waals surface area contributed by atoms with Crippen LogP contribution in [-0.4, -0.2) is 15.0 Å². The molecule has 0 aliphatic carbocycles. The summed E-state index contributed by atoms with van der Waals surface area (Å²) in [5, 5.41) is 10.0. The zero-order valence-electron chi connectivity index (χ0n) is 33.0. The Labute approximate surface area is 356 Å². The molecular formula is C57H35N3S. The van der Waals surface area contributed by atoms with E-state index in [2.05, 4.69) is 206 Å². The zero-order valence-corrected chi connectivity index (χ0v) is 33.8. The van der Waals surface area contributed by atoms with E-state index in [1.807, 2.05) is 17.4 Å². The lowest BCUT2D eigenvalue weighted by molar-refractivity contribution is 1.07. The molecule has 0 fully saturated rings. The Kier molecular flexibility index (Phi) is 8.36. The minimum Gasteiger partial charge on any atom is -0.208 e. The van der Waals surface area contributed by atoms with Crippen molar-refractivity contribution in [2.24, 2.45) is 0 Å². The predicted molar refractivity (Wildman–Crippen MR) is 258 cm³/mol. The maximum absolute atomic E-state index is 5.28. The van der Waals surface area contributed by atoms with E-state index in [0.717, 1.165) is 44.5 Å². The largest absolute Gasteiger partial charge is 0.208 e. The molecule has 2 heterocycles. The summed E-state index contributed by atoms with van der Waals surface area (Å²) in [6.45, 7) is 0. The number of hydrogen-bond acceptors (Lipinski definition) is 4. The van der Waals surface area contributed by atoms with Gasteiger partial charge in [-0.3, -0.25) is 0 Å². The molecule has 0 N–H and O–H groups in total. The van der Waals surface area contributed by atoms with Crippen molar-refractivity contribution in [3.8, 4) is 67.5 Å². The van der Waals surface area contributed by atoms with E-state index in [9.17, 15) is 0 Å². The van der Waals surface area contributed by atoms with Crippen LogP contribution in [0.2, 0.25) is 0 Å². The van der Waals surface area contributed by atoms with Gasteiger partial charge in [-0.05, 0) is 90.0 Å². The van der Waals surface area contributed by atoms with Crippen molar-refractivity contribution >= 4 is 63.8 Å². The summed E-state index contributed by atoms with van der Waals surface area (Å²) in [5.74, 6) is 1.89. The highest BCUT2D eigenvalue weighted by Gasteiger charge is 2.18.